The molecule has 0 amide bonds. The summed E-state index contributed by atoms with van der Waals surface area (Å²) in [6, 6.07) is 2.96. The van der Waals surface area contributed by atoms with Gasteiger partial charge < -0.3 is 5.32 Å². The molecule has 108 valence electrons. The highest BCUT2D eigenvalue weighted by Gasteiger charge is 2.25. The van der Waals surface area contributed by atoms with E-state index < -0.39 is 0 Å². The molecule has 2 aromatic heterocycles. The maximum Gasteiger partial charge on any atom is 0.0851 e. The molecule has 3 rings (SSSR count). The van der Waals surface area contributed by atoms with Crippen LogP contribution in [0.3, 0.4) is 0 Å². The number of hydrogen-bond acceptors (Lipinski definition) is 3. The number of rotatable bonds is 4. The number of fused-ring (bicyclic) bond motifs is 1. The molecule has 3 nitrogen and oxygen atoms in total. The van der Waals surface area contributed by atoms with E-state index in [0.717, 1.165) is 4.47 Å². The van der Waals surface area contributed by atoms with Gasteiger partial charge in [0.25, 0.3) is 0 Å². The molecule has 0 aromatic carbocycles. The van der Waals surface area contributed by atoms with Crippen LogP contribution >= 0.6 is 27.3 Å². The first-order valence-electron chi connectivity index (χ1n) is 7.13. The van der Waals surface area contributed by atoms with Crippen molar-refractivity contribution in [1.29, 1.82) is 0 Å². The van der Waals surface area contributed by atoms with Crippen LogP contribution in [0.5, 0.6) is 0 Å². The average Bonchev–Trinajstić information content (AvgIpc) is 3.05. The van der Waals surface area contributed by atoms with Gasteiger partial charge in [-0.25, -0.2) is 0 Å². The van der Waals surface area contributed by atoms with Crippen LogP contribution < -0.4 is 5.32 Å². The molecule has 1 aliphatic rings. The molecule has 5 heteroatoms. The lowest BCUT2D eigenvalue weighted by molar-refractivity contribution is 0.485. The summed E-state index contributed by atoms with van der Waals surface area (Å²) in [5.41, 5.74) is 2.78. The van der Waals surface area contributed by atoms with Crippen molar-refractivity contribution in [3.05, 3.63) is 37.7 Å². The second kappa shape index (κ2) is 5.62. The number of nitrogens with one attached hydrogen (secondary N) is 1. The van der Waals surface area contributed by atoms with E-state index in [4.69, 9.17) is 0 Å². The molecule has 0 fully saturated rings. The van der Waals surface area contributed by atoms with Gasteiger partial charge in [0, 0.05) is 15.8 Å². The molecule has 0 spiro atoms. The van der Waals surface area contributed by atoms with Gasteiger partial charge >= 0.3 is 0 Å². The zero-order valence-electron chi connectivity index (χ0n) is 12.1. The minimum absolute atomic E-state index is 0.213. The smallest absolute Gasteiger partial charge is 0.0851 e. The fourth-order valence-electron chi connectivity index (χ4n) is 2.94. The average molecular weight is 354 g/mol. The topological polar surface area (TPSA) is 29.9 Å². The normalized spacial score (nSPS) is 15.8. The summed E-state index contributed by atoms with van der Waals surface area (Å²) in [6.45, 7) is 4.34. The van der Waals surface area contributed by atoms with E-state index in [-0.39, 0.29) is 6.04 Å². The van der Waals surface area contributed by atoms with Crippen molar-refractivity contribution < 1.29 is 0 Å². The highest BCUT2D eigenvalue weighted by atomic mass is 79.9. The minimum Gasteiger partial charge on any atom is -0.307 e. The highest BCUT2D eigenvalue weighted by molar-refractivity contribution is 9.10. The monoisotopic (exact) mass is 353 g/mol. The van der Waals surface area contributed by atoms with Crippen LogP contribution in [0.25, 0.3) is 0 Å². The van der Waals surface area contributed by atoms with Crippen molar-refractivity contribution >= 4 is 27.3 Å². The Morgan fingerprint density at radius 1 is 1.40 bits per heavy atom. The summed E-state index contributed by atoms with van der Waals surface area (Å²) in [5, 5.41) is 7.97. The molecular formula is C15H20BrN3S. The van der Waals surface area contributed by atoms with Crippen LogP contribution in [0.4, 0.5) is 0 Å². The summed E-state index contributed by atoms with van der Waals surface area (Å²) < 4.78 is 3.19. The van der Waals surface area contributed by atoms with Gasteiger partial charge in [0.2, 0.25) is 0 Å². The number of nitrogens with zero attached hydrogens (tertiary/aromatic N) is 2. The first-order chi connectivity index (χ1) is 9.61. The second-order valence-corrected chi connectivity index (χ2v) is 7.61. The Bertz CT molecular complexity index is 593. The van der Waals surface area contributed by atoms with Crippen LogP contribution in [0.1, 0.15) is 53.4 Å². The zero-order chi connectivity index (χ0) is 14.3. The Balaban J connectivity index is 2.03. The van der Waals surface area contributed by atoms with E-state index in [1.165, 1.54) is 29.8 Å². The second-order valence-electron chi connectivity index (χ2n) is 5.59. The molecule has 1 N–H and O–H groups in total. The number of halogens is 1. The van der Waals surface area contributed by atoms with Gasteiger partial charge in [-0.1, -0.05) is 0 Å². The Labute approximate surface area is 132 Å². The number of thiophene rings is 1. The van der Waals surface area contributed by atoms with Crippen LogP contribution in [-0.4, -0.2) is 16.8 Å². The van der Waals surface area contributed by atoms with Crippen molar-refractivity contribution in [3.8, 4) is 0 Å². The molecular weight excluding hydrogens is 334 g/mol. The van der Waals surface area contributed by atoms with Gasteiger partial charge in [0.15, 0.2) is 0 Å². The summed E-state index contributed by atoms with van der Waals surface area (Å²) >= 11 is 5.62. The van der Waals surface area contributed by atoms with Crippen molar-refractivity contribution in [3.63, 3.8) is 0 Å². The lowest BCUT2D eigenvalue weighted by Gasteiger charge is -2.19. The van der Waals surface area contributed by atoms with E-state index in [9.17, 15) is 0 Å². The van der Waals surface area contributed by atoms with E-state index in [1.54, 1.807) is 10.4 Å². The first-order valence-corrected chi connectivity index (χ1v) is 8.74. The van der Waals surface area contributed by atoms with E-state index >= 15 is 0 Å². The minimum atomic E-state index is 0.213. The quantitative estimate of drug-likeness (QED) is 0.896. The van der Waals surface area contributed by atoms with Gasteiger partial charge in [0.1, 0.15) is 0 Å². The number of aromatic nitrogens is 2. The maximum absolute atomic E-state index is 4.51. The SMILES string of the molecule is CNC(c1cc2c(s1)CCC2)c1c(Br)cnn1C(C)C. The van der Waals surface area contributed by atoms with Crippen LogP contribution in [0.15, 0.2) is 16.7 Å². The molecule has 0 aliphatic heterocycles. The fraction of sp³-hybridized carbons (Fsp3) is 0.533. The van der Waals surface area contributed by atoms with E-state index in [2.05, 4.69) is 50.9 Å². The van der Waals surface area contributed by atoms with E-state index in [0.29, 0.717) is 6.04 Å². The summed E-state index contributed by atoms with van der Waals surface area (Å²) in [4.78, 5) is 2.98. The standard InChI is InChI=1S/C15H20BrN3S/c1-9(2)19-15(11(16)8-18-19)14(17-3)13-7-10-5-4-6-12(10)20-13/h7-9,14,17H,4-6H2,1-3H3. The zero-order valence-corrected chi connectivity index (χ0v) is 14.5. The maximum atomic E-state index is 4.51. The van der Waals surface area contributed by atoms with Crippen molar-refractivity contribution in [2.45, 2.75) is 45.2 Å². The molecule has 2 aromatic rings. The molecule has 0 bridgehead atoms. The van der Waals surface area contributed by atoms with Gasteiger partial charge in [-0.2, -0.15) is 5.10 Å². The molecule has 1 unspecified atom stereocenters. The Hall–Kier alpha value is -0.650. The van der Waals surface area contributed by atoms with E-state index in [1.807, 2.05) is 24.6 Å². The van der Waals surface area contributed by atoms with Crippen molar-refractivity contribution in [2.75, 3.05) is 7.05 Å². The third kappa shape index (κ3) is 2.36. The first kappa shape index (κ1) is 14.3. The largest absolute Gasteiger partial charge is 0.307 e. The number of hydrogen-bond donors (Lipinski definition) is 1. The molecule has 20 heavy (non-hydrogen) atoms. The Morgan fingerprint density at radius 3 is 2.85 bits per heavy atom. The van der Waals surface area contributed by atoms with Gasteiger partial charge in [-0.3, -0.25) is 4.68 Å². The third-order valence-corrected chi connectivity index (χ3v) is 5.80. The van der Waals surface area contributed by atoms with Crippen LogP contribution in [0, 0.1) is 0 Å². The lowest BCUT2D eigenvalue weighted by Crippen LogP contribution is -2.22. The highest BCUT2D eigenvalue weighted by Crippen LogP contribution is 2.38. The summed E-state index contributed by atoms with van der Waals surface area (Å²) in [6.07, 6.45) is 5.72. The molecule has 0 radical (unpaired) electrons. The van der Waals surface area contributed by atoms with Crippen LogP contribution in [0.2, 0.25) is 0 Å². The summed E-state index contributed by atoms with van der Waals surface area (Å²) in [7, 11) is 2.03. The van der Waals surface area contributed by atoms with Gasteiger partial charge in [0.05, 0.1) is 22.4 Å². The lowest BCUT2D eigenvalue weighted by atomic mass is 10.1. The molecule has 0 saturated heterocycles. The fourth-order valence-corrected chi connectivity index (χ4v) is 4.81. The van der Waals surface area contributed by atoms with Gasteiger partial charge in [-0.05, 0) is 67.7 Å². The molecule has 2 heterocycles. The Morgan fingerprint density at radius 2 is 2.20 bits per heavy atom. The Kier molecular flexibility index (Phi) is 4.02. The molecule has 0 saturated carbocycles. The predicted octanol–water partition coefficient (Wildman–Crippen LogP) is 4.09. The summed E-state index contributed by atoms with van der Waals surface area (Å²) in [5.74, 6) is 0. The van der Waals surface area contributed by atoms with Gasteiger partial charge in [-0.15, -0.1) is 11.3 Å². The van der Waals surface area contributed by atoms with Crippen LogP contribution in [-0.2, 0) is 12.8 Å². The molecule has 1 atom stereocenters. The van der Waals surface area contributed by atoms with Crippen molar-refractivity contribution in [1.82, 2.24) is 15.1 Å². The predicted molar refractivity (Wildman–Crippen MR) is 87.6 cm³/mol. The number of aryl methyl sites for hydroxylation is 2. The molecule has 1 aliphatic carbocycles. The van der Waals surface area contributed by atoms with Crippen molar-refractivity contribution in [2.24, 2.45) is 0 Å². The third-order valence-electron chi connectivity index (χ3n) is 3.89.